The molecule has 0 fully saturated rings. The molecule has 0 saturated carbocycles. The second kappa shape index (κ2) is 6.92. The molecule has 1 aromatic heterocycles. The van der Waals surface area contributed by atoms with Crippen molar-refractivity contribution in [3.63, 3.8) is 0 Å². The average Bonchev–Trinajstić information content (AvgIpc) is 3.05. The SMILES string of the molecule is O=C(NCCc1ccc2[nH]c3ccc([N+](=O)[O-])cc3c2c1)c1ccccc1. The number of non-ortho nitro benzene ring substituents is 1. The van der Waals surface area contributed by atoms with E-state index in [0.717, 1.165) is 27.4 Å². The quantitative estimate of drug-likeness (QED) is 0.413. The highest BCUT2D eigenvalue weighted by atomic mass is 16.6. The van der Waals surface area contributed by atoms with Crippen LogP contribution in [-0.2, 0) is 6.42 Å². The van der Waals surface area contributed by atoms with Crippen molar-refractivity contribution in [3.8, 4) is 0 Å². The van der Waals surface area contributed by atoms with Crippen molar-refractivity contribution in [2.45, 2.75) is 6.42 Å². The summed E-state index contributed by atoms with van der Waals surface area (Å²) >= 11 is 0. The number of carbonyl (C=O) groups is 1. The van der Waals surface area contributed by atoms with Gasteiger partial charge in [0.05, 0.1) is 4.92 Å². The predicted octanol–water partition coefficient (Wildman–Crippen LogP) is 4.20. The normalized spacial score (nSPS) is 11.0. The number of nitrogens with one attached hydrogen (secondary N) is 2. The Morgan fingerprint density at radius 1 is 0.963 bits per heavy atom. The van der Waals surface area contributed by atoms with Crippen molar-refractivity contribution in [2.24, 2.45) is 0 Å². The number of hydrogen-bond acceptors (Lipinski definition) is 3. The van der Waals surface area contributed by atoms with E-state index in [1.807, 2.05) is 36.4 Å². The zero-order chi connectivity index (χ0) is 18.8. The van der Waals surface area contributed by atoms with Gasteiger partial charge in [0.2, 0.25) is 0 Å². The van der Waals surface area contributed by atoms with E-state index in [1.54, 1.807) is 24.3 Å². The molecule has 6 heteroatoms. The third-order valence-corrected chi connectivity index (χ3v) is 4.59. The molecule has 0 unspecified atom stereocenters. The first-order valence-electron chi connectivity index (χ1n) is 8.64. The molecule has 0 aliphatic heterocycles. The van der Waals surface area contributed by atoms with E-state index in [1.165, 1.54) is 6.07 Å². The lowest BCUT2D eigenvalue weighted by Gasteiger charge is -2.06. The van der Waals surface area contributed by atoms with E-state index in [-0.39, 0.29) is 16.5 Å². The molecule has 0 saturated heterocycles. The smallest absolute Gasteiger partial charge is 0.270 e. The molecule has 0 spiro atoms. The Morgan fingerprint density at radius 2 is 1.67 bits per heavy atom. The molecule has 4 aromatic rings. The molecule has 27 heavy (non-hydrogen) atoms. The molecule has 2 N–H and O–H groups in total. The van der Waals surface area contributed by atoms with Gasteiger partial charge in [-0.05, 0) is 42.3 Å². The van der Waals surface area contributed by atoms with Crippen molar-refractivity contribution in [1.29, 1.82) is 0 Å². The number of nitrogens with zero attached hydrogens (tertiary/aromatic N) is 1. The van der Waals surface area contributed by atoms with Gasteiger partial charge in [-0.1, -0.05) is 24.3 Å². The molecule has 4 rings (SSSR count). The second-order valence-electron chi connectivity index (χ2n) is 6.36. The van der Waals surface area contributed by atoms with Gasteiger partial charge in [-0.15, -0.1) is 0 Å². The molecule has 1 heterocycles. The molecular formula is C21H17N3O3. The summed E-state index contributed by atoms with van der Waals surface area (Å²) in [7, 11) is 0. The van der Waals surface area contributed by atoms with Crippen LogP contribution in [0.25, 0.3) is 21.8 Å². The Kier molecular flexibility index (Phi) is 4.30. The van der Waals surface area contributed by atoms with Gasteiger partial charge in [-0.2, -0.15) is 0 Å². The predicted molar refractivity (Wildman–Crippen MR) is 105 cm³/mol. The zero-order valence-electron chi connectivity index (χ0n) is 14.4. The van der Waals surface area contributed by atoms with Crippen LogP contribution in [0.15, 0.2) is 66.7 Å². The first kappa shape index (κ1) is 16.8. The van der Waals surface area contributed by atoms with Crippen LogP contribution >= 0.6 is 0 Å². The summed E-state index contributed by atoms with van der Waals surface area (Å²) in [5.41, 5.74) is 3.57. The van der Waals surface area contributed by atoms with Gasteiger partial charge in [0, 0.05) is 46.0 Å². The topological polar surface area (TPSA) is 88.0 Å². The van der Waals surface area contributed by atoms with E-state index in [9.17, 15) is 14.9 Å². The highest BCUT2D eigenvalue weighted by Crippen LogP contribution is 2.29. The summed E-state index contributed by atoms with van der Waals surface area (Å²) in [4.78, 5) is 26.0. The minimum Gasteiger partial charge on any atom is -0.355 e. The number of nitro benzene ring substituents is 1. The molecule has 0 aliphatic rings. The molecule has 6 nitrogen and oxygen atoms in total. The van der Waals surface area contributed by atoms with Crippen LogP contribution in [0.3, 0.4) is 0 Å². The average molecular weight is 359 g/mol. The molecule has 3 aromatic carbocycles. The highest BCUT2D eigenvalue weighted by molar-refractivity contribution is 6.08. The number of H-pyrrole nitrogens is 1. The van der Waals surface area contributed by atoms with Crippen LogP contribution in [0.2, 0.25) is 0 Å². The maximum absolute atomic E-state index is 12.1. The summed E-state index contributed by atoms with van der Waals surface area (Å²) < 4.78 is 0. The van der Waals surface area contributed by atoms with Crippen LogP contribution in [-0.4, -0.2) is 22.4 Å². The van der Waals surface area contributed by atoms with Crippen molar-refractivity contribution >= 4 is 33.4 Å². The van der Waals surface area contributed by atoms with Gasteiger partial charge in [-0.25, -0.2) is 0 Å². The Morgan fingerprint density at radius 3 is 2.41 bits per heavy atom. The highest BCUT2D eigenvalue weighted by Gasteiger charge is 2.11. The molecule has 0 aliphatic carbocycles. The Balaban J connectivity index is 1.54. The number of aromatic amines is 1. The molecule has 1 amide bonds. The monoisotopic (exact) mass is 359 g/mol. The maximum atomic E-state index is 12.1. The van der Waals surface area contributed by atoms with Gasteiger partial charge in [0.15, 0.2) is 0 Å². The Bertz CT molecular complexity index is 1150. The molecule has 0 radical (unpaired) electrons. The fourth-order valence-corrected chi connectivity index (χ4v) is 3.21. The lowest BCUT2D eigenvalue weighted by molar-refractivity contribution is -0.384. The van der Waals surface area contributed by atoms with Gasteiger partial charge >= 0.3 is 0 Å². The van der Waals surface area contributed by atoms with Crippen molar-refractivity contribution in [2.75, 3.05) is 6.54 Å². The lowest BCUT2D eigenvalue weighted by Crippen LogP contribution is -2.25. The van der Waals surface area contributed by atoms with E-state index < -0.39 is 0 Å². The third kappa shape index (κ3) is 3.37. The summed E-state index contributed by atoms with van der Waals surface area (Å²) in [6, 6.07) is 19.9. The number of benzene rings is 3. The number of carbonyl (C=O) groups excluding carboxylic acids is 1. The second-order valence-corrected chi connectivity index (χ2v) is 6.36. The molecule has 0 bridgehead atoms. The summed E-state index contributed by atoms with van der Waals surface area (Å²) in [5.74, 6) is -0.0978. The van der Waals surface area contributed by atoms with Crippen molar-refractivity contribution < 1.29 is 9.72 Å². The van der Waals surface area contributed by atoms with Crippen molar-refractivity contribution in [1.82, 2.24) is 10.3 Å². The maximum Gasteiger partial charge on any atom is 0.270 e. The summed E-state index contributed by atoms with van der Waals surface area (Å²) in [6.45, 7) is 0.516. The minimum atomic E-state index is -0.388. The zero-order valence-corrected chi connectivity index (χ0v) is 14.4. The Labute approximate surface area is 155 Å². The van der Waals surface area contributed by atoms with Crippen molar-refractivity contribution in [3.05, 3.63) is 88.0 Å². The molecule has 134 valence electrons. The van der Waals surface area contributed by atoms with E-state index >= 15 is 0 Å². The first-order chi connectivity index (χ1) is 13.1. The minimum absolute atomic E-state index is 0.0731. The standard InChI is InChI=1S/C21H17N3O3/c25-21(15-4-2-1-3-5-15)22-11-10-14-6-8-19-17(12-14)18-13-16(24(26)27)7-9-20(18)23-19/h1-9,12-13,23H,10-11H2,(H,22,25). The van der Waals surface area contributed by atoms with Crippen LogP contribution < -0.4 is 5.32 Å². The van der Waals surface area contributed by atoms with E-state index in [2.05, 4.69) is 10.3 Å². The van der Waals surface area contributed by atoms with Crippen LogP contribution in [0, 0.1) is 10.1 Å². The number of fused-ring (bicyclic) bond motifs is 3. The molecular weight excluding hydrogens is 342 g/mol. The van der Waals surface area contributed by atoms with Crippen LogP contribution in [0.4, 0.5) is 5.69 Å². The van der Waals surface area contributed by atoms with Crippen LogP contribution in [0.1, 0.15) is 15.9 Å². The van der Waals surface area contributed by atoms with Crippen LogP contribution in [0.5, 0.6) is 0 Å². The van der Waals surface area contributed by atoms with Gasteiger partial charge < -0.3 is 10.3 Å². The fourth-order valence-electron chi connectivity index (χ4n) is 3.21. The number of aromatic nitrogens is 1. The third-order valence-electron chi connectivity index (χ3n) is 4.59. The largest absolute Gasteiger partial charge is 0.355 e. The number of rotatable bonds is 5. The van der Waals surface area contributed by atoms with Gasteiger partial charge in [0.1, 0.15) is 0 Å². The number of amides is 1. The summed E-state index contributed by atoms with van der Waals surface area (Å²) in [5, 5.41) is 15.7. The fraction of sp³-hybridized carbons (Fsp3) is 0.0952. The number of hydrogen-bond donors (Lipinski definition) is 2. The van der Waals surface area contributed by atoms with E-state index in [4.69, 9.17) is 0 Å². The van der Waals surface area contributed by atoms with Gasteiger partial charge in [0.25, 0.3) is 11.6 Å². The van der Waals surface area contributed by atoms with Gasteiger partial charge in [-0.3, -0.25) is 14.9 Å². The van der Waals surface area contributed by atoms with E-state index in [0.29, 0.717) is 18.5 Å². The first-order valence-corrected chi connectivity index (χ1v) is 8.64. The molecule has 0 atom stereocenters. The Hall–Kier alpha value is -3.67. The lowest BCUT2D eigenvalue weighted by atomic mass is 10.1. The summed E-state index contributed by atoms with van der Waals surface area (Å²) in [6.07, 6.45) is 0.677. The number of nitro groups is 1.